The number of nitrogens with one attached hydrogen (secondary N) is 2. The van der Waals surface area contributed by atoms with Crippen LogP contribution in [0.3, 0.4) is 0 Å². The highest BCUT2D eigenvalue weighted by Crippen LogP contribution is 2.19. The highest BCUT2D eigenvalue weighted by molar-refractivity contribution is 5.89. The number of anilines is 1. The molecular formula is C16H21N7O2. The van der Waals surface area contributed by atoms with E-state index in [9.17, 15) is 4.79 Å². The lowest BCUT2D eigenvalue weighted by molar-refractivity contribution is 0.159. The second-order valence-electron chi connectivity index (χ2n) is 6.35. The summed E-state index contributed by atoms with van der Waals surface area (Å²) in [4.78, 5) is 14.7. The maximum atomic E-state index is 12.3. The molecule has 1 aromatic heterocycles. The van der Waals surface area contributed by atoms with E-state index in [1.807, 2.05) is 24.3 Å². The van der Waals surface area contributed by atoms with Crippen LogP contribution in [0, 0.1) is 0 Å². The fourth-order valence-electron chi connectivity index (χ4n) is 3.43. The standard InChI is InChI=1S/C16H21N7O2/c24-16(19-14-9-25-10-15(14)22-7-1-2-8-22)18-12-3-5-13(6-4-12)23-11-17-20-21-23/h3-6,11,14-15H,1-2,7-10H2,(H2,18,19,24)/t14-,15-/m1/s1. The molecule has 2 fully saturated rings. The van der Waals surface area contributed by atoms with Crippen LogP contribution in [0.5, 0.6) is 0 Å². The minimum atomic E-state index is -0.213. The monoisotopic (exact) mass is 343 g/mol. The highest BCUT2D eigenvalue weighted by atomic mass is 16.5. The number of hydrogen-bond donors (Lipinski definition) is 2. The number of urea groups is 1. The van der Waals surface area contributed by atoms with E-state index in [0.717, 1.165) is 18.8 Å². The van der Waals surface area contributed by atoms with Crippen molar-refractivity contribution in [3.63, 3.8) is 0 Å². The molecule has 9 heteroatoms. The molecule has 2 N–H and O–H groups in total. The van der Waals surface area contributed by atoms with Crippen molar-refractivity contribution >= 4 is 11.7 Å². The molecule has 0 saturated carbocycles. The van der Waals surface area contributed by atoms with E-state index in [0.29, 0.717) is 18.9 Å². The van der Waals surface area contributed by atoms with Crippen LogP contribution in [0.15, 0.2) is 30.6 Å². The van der Waals surface area contributed by atoms with Gasteiger partial charge in [0.15, 0.2) is 0 Å². The predicted molar refractivity (Wildman–Crippen MR) is 90.5 cm³/mol. The van der Waals surface area contributed by atoms with Gasteiger partial charge in [0.2, 0.25) is 0 Å². The number of rotatable bonds is 4. The normalized spacial score (nSPS) is 23.7. The minimum absolute atomic E-state index is 0.0265. The number of nitrogens with zero attached hydrogens (tertiary/aromatic N) is 5. The Morgan fingerprint density at radius 2 is 1.96 bits per heavy atom. The molecule has 1 aromatic carbocycles. The molecular weight excluding hydrogens is 322 g/mol. The molecule has 132 valence electrons. The van der Waals surface area contributed by atoms with Crippen LogP contribution in [0.1, 0.15) is 12.8 Å². The molecule has 25 heavy (non-hydrogen) atoms. The van der Waals surface area contributed by atoms with Crippen molar-refractivity contribution in [3.05, 3.63) is 30.6 Å². The van der Waals surface area contributed by atoms with Crippen molar-refractivity contribution < 1.29 is 9.53 Å². The van der Waals surface area contributed by atoms with E-state index in [-0.39, 0.29) is 18.1 Å². The van der Waals surface area contributed by atoms with Gasteiger partial charge < -0.3 is 15.4 Å². The number of ether oxygens (including phenoxy) is 1. The lowest BCUT2D eigenvalue weighted by atomic mass is 10.1. The van der Waals surface area contributed by atoms with Gasteiger partial charge in [-0.25, -0.2) is 9.48 Å². The summed E-state index contributed by atoms with van der Waals surface area (Å²) in [6.07, 6.45) is 3.97. The summed E-state index contributed by atoms with van der Waals surface area (Å²) in [7, 11) is 0. The van der Waals surface area contributed by atoms with Gasteiger partial charge in [-0.3, -0.25) is 4.90 Å². The fraction of sp³-hybridized carbons (Fsp3) is 0.500. The van der Waals surface area contributed by atoms with Crippen LogP contribution in [0.2, 0.25) is 0 Å². The molecule has 2 amide bonds. The average molecular weight is 343 g/mol. The molecule has 2 aliphatic heterocycles. The molecule has 2 aromatic rings. The lowest BCUT2D eigenvalue weighted by Gasteiger charge is -2.27. The predicted octanol–water partition coefficient (Wildman–Crippen LogP) is 0.647. The Bertz CT molecular complexity index is 698. The molecule has 0 bridgehead atoms. The average Bonchev–Trinajstić information content (AvgIpc) is 3.37. The van der Waals surface area contributed by atoms with E-state index in [1.165, 1.54) is 19.2 Å². The summed E-state index contributed by atoms with van der Waals surface area (Å²) in [6, 6.07) is 7.42. The zero-order valence-corrected chi connectivity index (χ0v) is 13.8. The first-order valence-corrected chi connectivity index (χ1v) is 8.52. The summed E-state index contributed by atoms with van der Waals surface area (Å²) in [5.41, 5.74) is 1.54. The van der Waals surface area contributed by atoms with Crippen LogP contribution < -0.4 is 10.6 Å². The Morgan fingerprint density at radius 3 is 2.68 bits per heavy atom. The van der Waals surface area contributed by atoms with E-state index >= 15 is 0 Å². The van der Waals surface area contributed by atoms with E-state index < -0.39 is 0 Å². The van der Waals surface area contributed by atoms with Crippen LogP contribution in [0.25, 0.3) is 5.69 Å². The summed E-state index contributed by atoms with van der Waals surface area (Å²) in [6.45, 7) is 3.43. The lowest BCUT2D eigenvalue weighted by Crippen LogP contribution is -2.51. The maximum absolute atomic E-state index is 12.3. The third kappa shape index (κ3) is 3.62. The maximum Gasteiger partial charge on any atom is 0.319 e. The molecule has 3 heterocycles. The number of aromatic nitrogens is 4. The molecule has 2 atom stereocenters. The zero-order chi connectivity index (χ0) is 17.1. The molecule has 2 aliphatic rings. The van der Waals surface area contributed by atoms with Gasteiger partial charge in [0.1, 0.15) is 6.33 Å². The van der Waals surface area contributed by atoms with Crippen molar-refractivity contribution in [1.82, 2.24) is 30.4 Å². The summed E-state index contributed by atoms with van der Waals surface area (Å²) < 4.78 is 7.14. The molecule has 0 radical (unpaired) electrons. The number of tetrazole rings is 1. The molecule has 0 aliphatic carbocycles. The van der Waals surface area contributed by atoms with Crippen molar-refractivity contribution in [3.8, 4) is 5.69 Å². The van der Waals surface area contributed by atoms with Gasteiger partial charge >= 0.3 is 6.03 Å². The first kappa shape index (κ1) is 16.0. The number of hydrogen-bond acceptors (Lipinski definition) is 6. The van der Waals surface area contributed by atoms with E-state index in [1.54, 1.807) is 4.68 Å². The Balaban J connectivity index is 1.34. The van der Waals surface area contributed by atoms with Crippen LogP contribution in [-0.4, -0.2) is 69.5 Å². The summed E-state index contributed by atoms with van der Waals surface area (Å²) in [5.74, 6) is 0. The summed E-state index contributed by atoms with van der Waals surface area (Å²) >= 11 is 0. The first-order chi connectivity index (χ1) is 12.3. The van der Waals surface area contributed by atoms with E-state index in [2.05, 4.69) is 31.1 Å². The van der Waals surface area contributed by atoms with Crippen LogP contribution >= 0.6 is 0 Å². The van der Waals surface area contributed by atoms with Gasteiger partial charge in [0.25, 0.3) is 0 Å². The molecule has 9 nitrogen and oxygen atoms in total. The molecule has 0 spiro atoms. The summed E-state index contributed by atoms with van der Waals surface area (Å²) in [5, 5.41) is 16.9. The quantitative estimate of drug-likeness (QED) is 0.846. The van der Waals surface area contributed by atoms with Crippen LogP contribution in [-0.2, 0) is 4.74 Å². The van der Waals surface area contributed by atoms with Gasteiger partial charge in [-0.05, 0) is 60.6 Å². The van der Waals surface area contributed by atoms with Crippen molar-refractivity contribution in [1.29, 1.82) is 0 Å². The number of likely N-dealkylation sites (tertiary alicyclic amines) is 1. The number of amides is 2. The zero-order valence-electron chi connectivity index (χ0n) is 13.8. The van der Waals surface area contributed by atoms with Crippen molar-refractivity contribution in [2.45, 2.75) is 24.9 Å². The fourth-order valence-corrected chi connectivity index (χ4v) is 3.43. The van der Waals surface area contributed by atoms with Gasteiger partial charge in [0, 0.05) is 5.69 Å². The first-order valence-electron chi connectivity index (χ1n) is 8.52. The third-order valence-electron chi connectivity index (χ3n) is 4.72. The second-order valence-corrected chi connectivity index (χ2v) is 6.35. The number of carbonyl (C=O) groups is 1. The Labute approximate surface area is 145 Å². The van der Waals surface area contributed by atoms with E-state index in [4.69, 9.17) is 4.74 Å². The third-order valence-corrected chi connectivity index (χ3v) is 4.72. The highest BCUT2D eigenvalue weighted by Gasteiger charge is 2.35. The van der Waals surface area contributed by atoms with Gasteiger partial charge in [-0.2, -0.15) is 0 Å². The SMILES string of the molecule is O=C(Nc1ccc(-n2cnnn2)cc1)N[C@@H]1COC[C@H]1N1CCCC1. The Morgan fingerprint density at radius 1 is 1.16 bits per heavy atom. The van der Waals surface area contributed by atoms with Crippen molar-refractivity contribution in [2.24, 2.45) is 0 Å². The number of benzene rings is 1. The topological polar surface area (TPSA) is 97.2 Å². The molecule has 0 unspecified atom stereocenters. The smallest absolute Gasteiger partial charge is 0.319 e. The second kappa shape index (κ2) is 7.16. The van der Waals surface area contributed by atoms with Gasteiger partial charge in [0.05, 0.1) is 31.0 Å². The molecule has 2 saturated heterocycles. The van der Waals surface area contributed by atoms with Crippen molar-refractivity contribution in [2.75, 3.05) is 31.6 Å². The minimum Gasteiger partial charge on any atom is -0.378 e. The Kier molecular flexibility index (Phi) is 4.57. The Hall–Kier alpha value is -2.52. The van der Waals surface area contributed by atoms with Crippen LogP contribution in [0.4, 0.5) is 10.5 Å². The number of carbonyl (C=O) groups excluding carboxylic acids is 1. The largest absolute Gasteiger partial charge is 0.378 e. The van der Waals surface area contributed by atoms with Gasteiger partial charge in [-0.1, -0.05) is 0 Å². The van der Waals surface area contributed by atoms with Gasteiger partial charge in [-0.15, -0.1) is 5.10 Å². The molecule has 4 rings (SSSR count).